The van der Waals surface area contributed by atoms with Crippen LogP contribution in [-0.2, 0) is 0 Å². The van der Waals surface area contributed by atoms with E-state index < -0.39 is 0 Å². The smallest absolute Gasteiger partial charge is 0.274 e. The average molecular weight is 370 g/mol. The van der Waals surface area contributed by atoms with Gasteiger partial charge in [0.2, 0.25) is 0 Å². The second-order valence-electron chi connectivity index (χ2n) is 6.12. The number of hydrogen-bond acceptors (Lipinski definition) is 4. The molecule has 0 fully saturated rings. The van der Waals surface area contributed by atoms with Gasteiger partial charge in [-0.2, -0.15) is 0 Å². The summed E-state index contributed by atoms with van der Waals surface area (Å²) in [5.41, 5.74) is 2.55. The third-order valence-corrected chi connectivity index (χ3v) is 5.25. The first kappa shape index (κ1) is 15.8. The summed E-state index contributed by atoms with van der Waals surface area (Å²) in [6, 6.07) is 25.0. The summed E-state index contributed by atoms with van der Waals surface area (Å²) in [6.45, 7) is 0. The molecule has 0 saturated carbocycles. The number of ether oxygens (including phenoxy) is 1. The minimum Gasteiger partial charge on any atom is -0.457 e. The molecule has 0 atom stereocenters. The minimum absolute atomic E-state index is 0.0434. The second kappa shape index (κ2) is 6.37. The molecule has 0 aliphatic carbocycles. The molecule has 3 aromatic carbocycles. The van der Waals surface area contributed by atoms with Crippen molar-refractivity contribution in [2.45, 2.75) is 0 Å². The highest BCUT2D eigenvalue weighted by Gasteiger charge is 2.10. The Labute approximate surface area is 158 Å². The van der Waals surface area contributed by atoms with Gasteiger partial charge in [-0.3, -0.25) is 4.79 Å². The summed E-state index contributed by atoms with van der Waals surface area (Å²) in [7, 11) is 0. The number of para-hydroxylation sites is 3. The van der Waals surface area contributed by atoms with Gasteiger partial charge in [0.25, 0.3) is 5.56 Å². The van der Waals surface area contributed by atoms with Crippen LogP contribution in [0.1, 0.15) is 5.56 Å². The first-order chi connectivity index (χ1) is 13.3. The molecule has 0 unspecified atom stereocenters. The molecule has 5 heteroatoms. The minimum atomic E-state index is -0.0434. The topological polar surface area (TPSA) is 43.6 Å². The Morgan fingerprint density at radius 3 is 2.56 bits per heavy atom. The molecule has 0 amide bonds. The Kier molecular flexibility index (Phi) is 3.73. The lowest BCUT2D eigenvalue weighted by Crippen LogP contribution is -2.22. The Morgan fingerprint density at radius 2 is 1.67 bits per heavy atom. The predicted molar refractivity (Wildman–Crippen MR) is 109 cm³/mol. The van der Waals surface area contributed by atoms with E-state index in [1.807, 2.05) is 84.9 Å². The van der Waals surface area contributed by atoms with E-state index in [9.17, 15) is 4.79 Å². The number of imidazole rings is 1. The third kappa shape index (κ3) is 2.88. The third-order valence-electron chi connectivity index (χ3n) is 4.28. The standard InChI is InChI=1S/C22H14N2O2S/c25-21-20(27-22-23-18-11-4-5-12-19(18)24(21)22)14-15-7-6-10-17(13-15)26-16-8-2-1-3-9-16/h1-14H. The van der Waals surface area contributed by atoms with Crippen molar-refractivity contribution in [1.82, 2.24) is 9.38 Å². The molecule has 0 N–H and O–H groups in total. The lowest BCUT2D eigenvalue weighted by molar-refractivity contribution is 0.482. The molecule has 5 rings (SSSR count). The normalized spacial score (nSPS) is 12.1. The van der Waals surface area contributed by atoms with E-state index in [2.05, 4.69) is 4.98 Å². The van der Waals surface area contributed by atoms with E-state index in [0.29, 0.717) is 9.49 Å². The monoisotopic (exact) mass is 370 g/mol. The van der Waals surface area contributed by atoms with Gasteiger partial charge in [-0.25, -0.2) is 9.38 Å². The number of benzene rings is 3. The number of fused-ring (bicyclic) bond motifs is 3. The lowest BCUT2D eigenvalue weighted by atomic mass is 10.2. The molecule has 0 saturated heterocycles. The zero-order valence-electron chi connectivity index (χ0n) is 14.2. The summed E-state index contributed by atoms with van der Waals surface area (Å²) >= 11 is 1.40. The first-order valence-corrected chi connectivity index (χ1v) is 9.34. The quantitative estimate of drug-likeness (QED) is 0.477. The van der Waals surface area contributed by atoms with E-state index >= 15 is 0 Å². The average Bonchev–Trinajstić information content (AvgIpc) is 3.19. The molecule has 0 aliphatic rings. The highest BCUT2D eigenvalue weighted by Crippen LogP contribution is 2.22. The van der Waals surface area contributed by atoms with Crippen molar-refractivity contribution in [2.24, 2.45) is 0 Å². The highest BCUT2D eigenvalue weighted by molar-refractivity contribution is 7.15. The molecule has 5 aromatic rings. The van der Waals surface area contributed by atoms with Crippen molar-refractivity contribution in [3.05, 3.63) is 99.3 Å². The highest BCUT2D eigenvalue weighted by atomic mass is 32.1. The Morgan fingerprint density at radius 1 is 0.889 bits per heavy atom. The maximum atomic E-state index is 12.9. The van der Waals surface area contributed by atoms with Gasteiger partial charge < -0.3 is 4.74 Å². The summed E-state index contributed by atoms with van der Waals surface area (Å²) in [5, 5.41) is 0. The number of aromatic nitrogens is 2. The molecule has 4 nitrogen and oxygen atoms in total. The van der Waals surface area contributed by atoms with Gasteiger partial charge >= 0.3 is 0 Å². The van der Waals surface area contributed by atoms with Gasteiger partial charge in [-0.05, 0) is 48.0 Å². The molecule has 0 aliphatic heterocycles. The fraction of sp³-hybridized carbons (Fsp3) is 0. The van der Waals surface area contributed by atoms with E-state index in [1.165, 1.54) is 11.3 Å². The molecular weight excluding hydrogens is 356 g/mol. The van der Waals surface area contributed by atoms with Crippen molar-refractivity contribution in [3.8, 4) is 11.5 Å². The maximum Gasteiger partial charge on any atom is 0.274 e. The van der Waals surface area contributed by atoms with Gasteiger partial charge in [0.1, 0.15) is 11.5 Å². The molecular formula is C22H14N2O2S. The van der Waals surface area contributed by atoms with Crippen LogP contribution in [0.5, 0.6) is 11.5 Å². The number of nitrogens with zero attached hydrogens (tertiary/aromatic N) is 2. The van der Waals surface area contributed by atoms with Crippen LogP contribution < -0.4 is 14.8 Å². The van der Waals surface area contributed by atoms with Crippen molar-refractivity contribution in [3.63, 3.8) is 0 Å². The van der Waals surface area contributed by atoms with Crippen LogP contribution >= 0.6 is 11.3 Å². The molecule has 27 heavy (non-hydrogen) atoms. The molecule has 130 valence electrons. The predicted octanol–water partition coefficient (Wildman–Crippen LogP) is 4.25. The van der Waals surface area contributed by atoms with Crippen LogP contribution in [0.25, 0.3) is 22.1 Å². The molecule has 2 aromatic heterocycles. The largest absolute Gasteiger partial charge is 0.457 e. The van der Waals surface area contributed by atoms with Crippen LogP contribution in [0, 0.1) is 0 Å². The summed E-state index contributed by atoms with van der Waals surface area (Å²) in [5.74, 6) is 1.51. The summed E-state index contributed by atoms with van der Waals surface area (Å²) in [4.78, 5) is 18.1. The van der Waals surface area contributed by atoms with Gasteiger partial charge in [-0.15, -0.1) is 0 Å². The molecule has 0 bridgehead atoms. The first-order valence-electron chi connectivity index (χ1n) is 8.53. The van der Waals surface area contributed by atoms with E-state index in [1.54, 1.807) is 4.40 Å². The van der Waals surface area contributed by atoms with Crippen LogP contribution in [0.4, 0.5) is 0 Å². The lowest BCUT2D eigenvalue weighted by Gasteiger charge is -2.05. The number of rotatable bonds is 3. The van der Waals surface area contributed by atoms with Crippen molar-refractivity contribution >= 4 is 33.4 Å². The van der Waals surface area contributed by atoms with Crippen molar-refractivity contribution in [1.29, 1.82) is 0 Å². The second-order valence-corrected chi connectivity index (χ2v) is 7.13. The SMILES string of the molecule is O=c1c(=Cc2cccc(Oc3ccccc3)c2)sc2nc3ccccc3n12. The van der Waals surface area contributed by atoms with Crippen LogP contribution in [-0.4, -0.2) is 9.38 Å². The fourth-order valence-electron chi connectivity index (χ4n) is 3.06. The number of hydrogen-bond donors (Lipinski definition) is 0. The molecule has 0 spiro atoms. The van der Waals surface area contributed by atoms with E-state index in [0.717, 1.165) is 28.1 Å². The zero-order valence-corrected chi connectivity index (χ0v) is 15.0. The Hall–Kier alpha value is -3.44. The summed E-state index contributed by atoms with van der Waals surface area (Å²) in [6.07, 6.45) is 1.88. The Bertz CT molecular complexity index is 1370. The van der Waals surface area contributed by atoms with Gasteiger partial charge in [0.15, 0.2) is 4.96 Å². The summed E-state index contributed by atoms with van der Waals surface area (Å²) < 4.78 is 8.21. The Balaban J connectivity index is 1.58. The fourth-order valence-corrected chi connectivity index (χ4v) is 4.04. The van der Waals surface area contributed by atoms with Crippen LogP contribution in [0.2, 0.25) is 0 Å². The van der Waals surface area contributed by atoms with Crippen molar-refractivity contribution in [2.75, 3.05) is 0 Å². The van der Waals surface area contributed by atoms with Crippen molar-refractivity contribution < 1.29 is 4.74 Å². The van der Waals surface area contributed by atoms with Gasteiger partial charge in [-0.1, -0.05) is 53.8 Å². The van der Waals surface area contributed by atoms with Crippen LogP contribution in [0.3, 0.4) is 0 Å². The van der Waals surface area contributed by atoms with E-state index in [4.69, 9.17) is 4.74 Å². The number of thiazole rings is 1. The van der Waals surface area contributed by atoms with Crippen LogP contribution in [0.15, 0.2) is 83.7 Å². The maximum absolute atomic E-state index is 12.9. The molecule has 2 heterocycles. The van der Waals surface area contributed by atoms with Gasteiger partial charge in [0, 0.05) is 0 Å². The van der Waals surface area contributed by atoms with E-state index in [-0.39, 0.29) is 5.56 Å². The zero-order chi connectivity index (χ0) is 18.2. The van der Waals surface area contributed by atoms with Gasteiger partial charge in [0.05, 0.1) is 15.6 Å². The molecule has 0 radical (unpaired) electrons.